The molecule has 1 fully saturated rings. The SMILES string of the molecule is COCC1CCC2(CC1)NC(=O)C(c1cc(Br)ccc1Cl)=C2O. The molecule has 2 N–H and O–H groups in total. The van der Waals surface area contributed by atoms with E-state index in [0.717, 1.165) is 23.9 Å². The smallest absolute Gasteiger partial charge is 0.256 e. The summed E-state index contributed by atoms with van der Waals surface area (Å²) in [4.78, 5) is 12.5. The summed E-state index contributed by atoms with van der Waals surface area (Å²) in [5, 5.41) is 14.3. The molecule has 1 aromatic rings. The van der Waals surface area contributed by atoms with Crippen LogP contribution in [-0.4, -0.2) is 30.3 Å². The van der Waals surface area contributed by atoms with Gasteiger partial charge in [-0.15, -0.1) is 0 Å². The van der Waals surface area contributed by atoms with Gasteiger partial charge in [-0.25, -0.2) is 0 Å². The van der Waals surface area contributed by atoms with E-state index in [2.05, 4.69) is 21.2 Å². The van der Waals surface area contributed by atoms with Gasteiger partial charge in [-0.2, -0.15) is 0 Å². The van der Waals surface area contributed by atoms with Crippen molar-refractivity contribution in [1.82, 2.24) is 5.32 Å². The minimum absolute atomic E-state index is 0.123. The third-order valence-corrected chi connectivity index (χ3v) is 5.65. The Hall–Kier alpha value is -1.04. The highest BCUT2D eigenvalue weighted by Crippen LogP contribution is 2.44. The van der Waals surface area contributed by atoms with E-state index in [1.54, 1.807) is 19.2 Å². The zero-order valence-electron chi connectivity index (χ0n) is 12.9. The topological polar surface area (TPSA) is 58.6 Å². The van der Waals surface area contributed by atoms with Gasteiger partial charge in [0.1, 0.15) is 5.76 Å². The van der Waals surface area contributed by atoms with Crippen molar-refractivity contribution in [3.05, 3.63) is 39.0 Å². The van der Waals surface area contributed by atoms with Crippen molar-refractivity contribution in [1.29, 1.82) is 0 Å². The molecule has 124 valence electrons. The highest BCUT2D eigenvalue weighted by atomic mass is 79.9. The largest absolute Gasteiger partial charge is 0.509 e. The zero-order valence-corrected chi connectivity index (χ0v) is 15.2. The number of hydrogen-bond donors (Lipinski definition) is 2. The second-order valence-electron chi connectivity index (χ2n) is 6.28. The van der Waals surface area contributed by atoms with Crippen molar-refractivity contribution in [2.75, 3.05) is 13.7 Å². The second kappa shape index (κ2) is 6.46. The molecule has 0 aromatic heterocycles. The van der Waals surface area contributed by atoms with Gasteiger partial charge in [-0.05, 0) is 49.8 Å². The first-order valence-electron chi connectivity index (χ1n) is 7.67. The van der Waals surface area contributed by atoms with Crippen LogP contribution in [0.4, 0.5) is 0 Å². The minimum atomic E-state index is -0.650. The fourth-order valence-electron chi connectivity index (χ4n) is 3.56. The molecule has 1 spiro atoms. The number of rotatable bonds is 3. The Morgan fingerprint density at radius 1 is 1.43 bits per heavy atom. The normalized spacial score (nSPS) is 27.6. The Balaban J connectivity index is 1.94. The number of methoxy groups -OCH3 is 1. The van der Waals surface area contributed by atoms with E-state index in [0.29, 0.717) is 34.9 Å². The van der Waals surface area contributed by atoms with Gasteiger partial charge in [-0.3, -0.25) is 4.79 Å². The number of amides is 1. The van der Waals surface area contributed by atoms with Crippen molar-refractivity contribution < 1.29 is 14.6 Å². The van der Waals surface area contributed by atoms with E-state index in [-0.39, 0.29) is 11.7 Å². The lowest BCUT2D eigenvalue weighted by Gasteiger charge is -2.37. The molecule has 0 atom stereocenters. The molecule has 2 aliphatic rings. The molecule has 0 bridgehead atoms. The molecular weight excluding hydrogens is 382 g/mol. The molecule has 1 saturated carbocycles. The highest BCUT2D eigenvalue weighted by molar-refractivity contribution is 9.10. The molecule has 4 nitrogen and oxygen atoms in total. The van der Waals surface area contributed by atoms with Crippen LogP contribution in [0.25, 0.3) is 5.57 Å². The molecule has 1 aromatic carbocycles. The summed E-state index contributed by atoms with van der Waals surface area (Å²) in [6.45, 7) is 0.721. The van der Waals surface area contributed by atoms with Crippen LogP contribution in [0.2, 0.25) is 5.02 Å². The Labute approximate surface area is 149 Å². The van der Waals surface area contributed by atoms with Crippen molar-refractivity contribution in [3.8, 4) is 0 Å². The van der Waals surface area contributed by atoms with Crippen LogP contribution in [0.15, 0.2) is 28.4 Å². The highest BCUT2D eigenvalue weighted by Gasteiger charge is 2.48. The molecule has 3 rings (SSSR count). The van der Waals surface area contributed by atoms with Crippen molar-refractivity contribution in [2.45, 2.75) is 31.2 Å². The standard InChI is InChI=1S/C17H19BrClNO3/c1-23-9-10-4-6-17(7-5-10)15(21)14(16(22)20-17)12-8-11(18)2-3-13(12)19/h2-3,8,10,21H,4-7,9H2,1H3,(H,20,22). The summed E-state index contributed by atoms with van der Waals surface area (Å²) in [7, 11) is 1.70. The summed E-state index contributed by atoms with van der Waals surface area (Å²) in [6.07, 6.45) is 3.26. The van der Waals surface area contributed by atoms with E-state index < -0.39 is 5.54 Å². The molecule has 1 heterocycles. The van der Waals surface area contributed by atoms with Crippen molar-refractivity contribution >= 4 is 39.0 Å². The van der Waals surface area contributed by atoms with E-state index in [1.807, 2.05) is 6.07 Å². The Kier molecular flexibility index (Phi) is 4.72. The number of nitrogens with one attached hydrogen (secondary N) is 1. The summed E-state index contributed by atoms with van der Waals surface area (Å²) in [5.74, 6) is 0.347. The van der Waals surface area contributed by atoms with E-state index in [9.17, 15) is 9.90 Å². The number of carbonyl (C=O) groups is 1. The Morgan fingerprint density at radius 3 is 2.78 bits per heavy atom. The summed E-state index contributed by atoms with van der Waals surface area (Å²) in [6, 6.07) is 5.29. The van der Waals surface area contributed by atoms with Crippen LogP contribution in [0.1, 0.15) is 31.2 Å². The summed E-state index contributed by atoms with van der Waals surface area (Å²) in [5.41, 5.74) is 0.205. The molecule has 6 heteroatoms. The molecule has 1 amide bonds. The van der Waals surface area contributed by atoms with Crippen LogP contribution in [0.5, 0.6) is 0 Å². The maximum atomic E-state index is 12.5. The van der Waals surface area contributed by atoms with E-state index >= 15 is 0 Å². The molecule has 0 unspecified atom stereocenters. The third kappa shape index (κ3) is 3.02. The van der Waals surface area contributed by atoms with Crippen LogP contribution >= 0.6 is 27.5 Å². The fraction of sp³-hybridized carbons (Fsp3) is 0.471. The third-order valence-electron chi connectivity index (χ3n) is 4.83. The van der Waals surface area contributed by atoms with E-state index in [1.165, 1.54) is 0 Å². The molecular formula is C17H19BrClNO3. The quantitative estimate of drug-likeness (QED) is 0.804. The number of aliphatic hydroxyl groups excluding tert-OH is 1. The number of hydrogen-bond acceptors (Lipinski definition) is 3. The molecule has 1 aliphatic carbocycles. The molecule has 0 radical (unpaired) electrons. The number of halogens is 2. The summed E-state index contributed by atoms with van der Waals surface area (Å²) < 4.78 is 6.03. The number of carbonyl (C=O) groups excluding carboxylic acids is 1. The van der Waals surface area contributed by atoms with Gasteiger partial charge < -0.3 is 15.2 Å². The Morgan fingerprint density at radius 2 is 2.13 bits per heavy atom. The Bertz CT molecular complexity index is 666. The van der Waals surface area contributed by atoms with Crippen LogP contribution in [0.3, 0.4) is 0 Å². The van der Waals surface area contributed by atoms with Gasteiger partial charge >= 0.3 is 0 Å². The number of aliphatic hydroxyl groups is 1. The predicted octanol–water partition coefficient (Wildman–Crippen LogP) is 4.08. The van der Waals surface area contributed by atoms with Crippen LogP contribution in [0, 0.1) is 5.92 Å². The lowest BCUT2D eigenvalue weighted by atomic mass is 9.76. The van der Waals surface area contributed by atoms with E-state index in [4.69, 9.17) is 16.3 Å². The lowest BCUT2D eigenvalue weighted by molar-refractivity contribution is -0.116. The van der Waals surface area contributed by atoms with Gasteiger partial charge in [0.2, 0.25) is 0 Å². The minimum Gasteiger partial charge on any atom is -0.509 e. The second-order valence-corrected chi connectivity index (χ2v) is 7.61. The first kappa shape index (κ1) is 16.8. The first-order chi connectivity index (χ1) is 11.0. The van der Waals surface area contributed by atoms with Crippen molar-refractivity contribution in [2.24, 2.45) is 5.92 Å². The summed E-state index contributed by atoms with van der Waals surface area (Å²) >= 11 is 9.62. The maximum absolute atomic E-state index is 12.5. The van der Waals surface area contributed by atoms with Crippen LogP contribution in [-0.2, 0) is 9.53 Å². The first-order valence-corrected chi connectivity index (χ1v) is 8.84. The molecule has 0 saturated heterocycles. The van der Waals surface area contributed by atoms with Gasteiger partial charge in [-0.1, -0.05) is 27.5 Å². The average molecular weight is 401 g/mol. The molecule has 23 heavy (non-hydrogen) atoms. The monoisotopic (exact) mass is 399 g/mol. The fourth-order valence-corrected chi connectivity index (χ4v) is 4.13. The van der Waals surface area contributed by atoms with Crippen molar-refractivity contribution in [3.63, 3.8) is 0 Å². The lowest BCUT2D eigenvalue weighted by Crippen LogP contribution is -2.47. The van der Waals surface area contributed by atoms with Crippen LogP contribution < -0.4 is 5.32 Å². The maximum Gasteiger partial charge on any atom is 0.256 e. The number of benzene rings is 1. The number of ether oxygens (including phenoxy) is 1. The van der Waals surface area contributed by atoms with Gasteiger partial charge in [0.15, 0.2) is 0 Å². The zero-order chi connectivity index (χ0) is 16.6. The molecule has 1 aliphatic heterocycles. The van der Waals surface area contributed by atoms with Gasteiger partial charge in [0.05, 0.1) is 11.1 Å². The van der Waals surface area contributed by atoms with Gasteiger partial charge in [0, 0.05) is 28.8 Å². The predicted molar refractivity (Wildman–Crippen MR) is 93.4 cm³/mol. The van der Waals surface area contributed by atoms with Gasteiger partial charge in [0.25, 0.3) is 5.91 Å². The average Bonchev–Trinajstić information content (AvgIpc) is 2.76.